The van der Waals surface area contributed by atoms with Crippen LogP contribution in [0.15, 0.2) is 48.5 Å². The first-order valence-corrected chi connectivity index (χ1v) is 12.5. The maximum Gasteiger partial charge on any atom is 0.321 e. The number of carbonyl (C=O) groups excluding carboxylic acids is 2. The molecule has 2 aromatic carbocycles. The third-order valence-corrected chi connectivity index (χ3v) is 7.04. The predicted molar refractivity (Wildman–Crippen MR) is 136 cm³/mol. The fraction of sp³-hybridized carbons (Fsp3) is 0.407. The molecule has 3 amide bonds. The van der Waals surface area contributed by atoms with Crippen LogP contribution in [0.5, 0.6) is 0 Å². The predicted octanol–water partition coefficient (Wildman–Crippen LogP) is 4.86. The lowest BCUT2D eigenvalue weighted by atomic mass is 9.95. The molecule has 182 valence electrons. The molecule has 0 saturated carbocycles. The van der Waals surface area contributed by atoms with Crippen molar-refractivity contribution in [1.29, 1.82) is 0 Å². The summed E-state index contributed by atoms with van der Waals surface area (Å²) in [5.74, 6) is 1.80. The number of hydrogen-bond acceptors (Lipinski definition) is 4. The number of likely N-dealkylation sites (tertiary alicyclic amines) is 1. The van der Waals surface area contributed by atoms with Gasteiger partial charge in [0.15, 0.2) is 5.82 Å². The molecule has 2 aliphatic rings. The van der Waals surface area contributed by atoms with Crippen molar-refractivity contribution in [2.24, 2.45) is 5.92 Å². The van der Waals surface area contributed by atoms with Crippen LogP contribution in [0.1, 0.15) is 43.5 Å². The summed E-state index contributed by atoms with van der Waals surface area (Å²) in [5, 5.41) is 14.9. The van der Waals surface area contributed by atoms with Crippen LogP contribution in [-0.4, -0.2) is 44.7 Å². The molecule has 0 unspecified atom stereocenters. The number of hydrogen-bond donors (Lipinski definition) is 2. The molecule has 35 heavy (non-hydrogen) atoms. The summed E-state index contributed by atoms with van der Waals surface area (Å²) in [6, 6.07) is 15.4. The van der Waals surface area contributed by atoms with Gasteiger partial charge in [0, 0.05) is 48.9 Å². The topological polar surface area (TPSA) is 92.2 Å². The summed E-state index contributed by atoms with van der Waals surface area (Å²) in [6.45, 7) is 4.05. The van der Waals surface area contributed by atoms with Crippen molar-refractivity contribution in [3.8, 4) is 11.4 Å². The lowest BCUT2D eigenvalue weighted by Gasteiger charge is -2.31. The number of aromatic nitrogens is 3. The molecular weight excluding hydrogens is 440 g/mol. The Balaban J connectivity index is 1.21. The standard InChI is InChI=1S/C27H32N6O2/c1-19-11-12-21(25-31-30-24-10-6-3-7-15-33(24)25)18-23(19)29-26(34)20-13-16-32(17-14-20)27(35)28-22-8-4-2-5-9-22/h2,4-5,8-9,11-12,18,20H,3,6-7,10,13-17H2,1H3,(H,28,35)(H,29,34). The second kappa shape index (κ2) is 10.3. The van der Waals surface area contributed by atoms with Crippen LogP contribution in [0.3, 0.4) is 0 Å². The molecule has 1 saturated heterocycles. The van der Waals surface area contributed by atoms with Crippen LogP contribution in [0.25, 0.3) is 11.4 Å². The molecule has 5 rings (SSSR count). The molecule has 0 spiro atoms. The van der Waals surface area contributed by atoms with Crippen LogP contribution < -0.4 is 10.6 Å². The minimum Gasteiger partial charge on any atom is -0.326 e. The van der Waals surface area contributed by atoms with Gasteiger partial charge in [0.25, 0.3) is 0 Å². The van der Waals surface area contributed by atoms with Crippen molar-refractivity contribution in [3.63, 3.8) is 0 Å². The maximum absolute atomic E-state index is 13.1. The Labute approximate surface area is 205 Å². The fourth-order valence-electron chi connectivity index (χ4n) is 4.90. The summed E-state index contributed by atoms with van der Waals surface area (Å²) < 4.78 is 2.22. The first-order chi connectivity index (χ1) is 17.1. The van der Waals surface area contributed by atoms with E-state index in [2.05, 4.69) is 31.5 Å². The molecule has 1 aromatic heterocycles. The number of piperidine rings is 1. The van der Waals surface area contributed by atoms with Crippen molar-refractivity contribution in [2.45, 2.75) is 52.0 Å². The molecule has 2 N–H and O–H groups in total. The van der Waals surface area contributed by atoms with Gasteiger partial charge in [-0.3, -0.25) is 4.79 Å². The monoisotopic (exact) mass is 472 g/mol. The highest BCUT2D eigenvalue weighted by molar-refractivity contribution is 5.94. The molecule has 3 heterocycles. The van der Waals surface area contributed by atoms with Gasteiger partial charge in [0.05, 0.1) is 0 Å². The molecule has 8 heteroatoms. The number of aryl methyl sites for hydroxylation is 2. The highest BCUT2D eigenvalue weighted by atomic mass is 16.2. The van der Waals surface area contributed by atoms with Crippen LogP contribution in [0, 0.1) is 12.8 Å². The van der Waals surface area contributed by atoms with E-state index in [1.165, 1.54) is 6.42 Å². The quantitative estimate of drug-likeness (QED) is 0.567. The molecule has 1 fully saturated rings. The molecule has 0 bridgehead atoms. The SMILES string of the molecule is Cc1ccc(-c2nnc3n2CCCCC3)cc1NC(=O)C1CCN(C(=O)Nc2ccccc2)CC1. The van der Waals surface area contributed by atoms with E-state index in [0.717, 1.165) is 60.0 Å². The van der Waals surface area contributed by atoms with Gasteiger partial charge in [-0.1, -0.05) is 36.8 Å². The van der Waals surface area contributed by atoms with Crippen molar-refractivity contribution in [3.05, 3.63) is 59.9 Å². The number of nitrogens with zero attached hydrogens (tertiary/aromatic N) is 4. The number of anilines is 2. The zero-order chi connectivity index (χ0) is 24.2. The molecule has 0 aliphatic carbocycles. The van der Waals surface area contributed by atoms with E-state index in [0.29, 0.717) is 25.9 Å². The third kappa shape index (κ3) is 5.21. The average molecular weight is 473 g/mol. The van der Waals surface area contributed by atoms with Crippen LogP contribution >= 0.6 is 0 Å². The van der Waals surface area contributed by atoms with E-state index in [-0.39, 0.29) is 17.9 Å². The van der Waals surface area contributed by atoms with Gasteiger partial charge in [-0.25, -0.2) is 4.79 Å². The van der Waals surface area contributed by atoms with Gasteiger partial charge < -0.3 is 20.1 Å². The molecule has 3 aromatic rings. The van der Waals surface area contributed by atoms with Gasteiger partial charge in [-0.2, -0.15) is 0 Å². The maximum atomic E-state index is 13.1. The number of nitrogens with one attached hydrogen (secondary N) is 2. The van der Waals surface area contributed by atoms with Crippen molar-refractivity contribution < 1.29 is 9.59 Å². The van der Waals surface area contributed by atoms with Crippen LogP contribution in [0.2, 0.25) is 0 Å². The largest absolute Gasteiger partial charge is 0.326 e. The number of para-hydroxylation sites is 1. The van der Waals surface area contributed by atoms with E-state index in [1.807, 2.05) is 49.4 Å². The molecule has 2 aliphatic heterocycles. The average Bonchev–Trinajstić information content (AvgIpc) is 3.13. The Morgan fingerprint density at radius 1 is 0.914 bits per heavy atom. The Kier molecular flexibility index (Phi) is 6.79. The molecular formula is C27H32N6O2. The fourth-order valence-corrected chi connectivity index (χ4v) is 4.90. The summed E-state index contributed by atoms with van der Waals surface area (Å²) in [7, 11) is 0. The summed E-state index contributed by atoms with van der Waals surface area (Å²) in [4.78, 5) is 27.4. The lowest BCUT2D eigenvalue weighted by molar-refractivity contribution is -0.121. The number of amides is 3. The van der Waals surface area contributed by atoms with Gasteiger partial charge in [-0.05, 0) is 56.4 Å². The number of carbonyl (C=O) groups is 2. The Bertz CT molecular complexity index is 1200. The van der Waals surface area contributed by atoms with Gasteiger partial charge in [0.2, 0.25) is 5.91 Å². The smallest absolute Gasteiger partial charge is 0.321 e. The van der Waals surface area contributed by atoms with Crippen molar-refractivity contribution in [2.75, 3.05) is 23.7 Å². The zero-order valence-electron chi connectivity index (χ0n) is 20.2. The second-order valence-electron chi connectivity index (χ2n) is 9.48. The van der Waals surface area contributed by atoms with E-state index in [4.69, 9.17) is 0 Å². The first-order valence-electron chi connectivity index (χ1n) is 12.5. The molecule has 0 atom stereocenters. The minimum atomic E-state index is -0.122. The van der Waals surface area contributed by atoms with E-state index in [1.54, 1.807) is 4.90 Å². The van der Waals surface area contributed by atoms with Crippen molar-refractivity contribution in [1.82, 2.24) is 19.7 Å². The Morgan fingerprint density at radius 2 is 1.71 bits per heavy atom. The summed E-state index contributed by atoms with van der Waals surface area (Å²) in [5.41, 5.74) is 3.57. The van der Waals surface area contributed by atoms with Gasteiger partial charge >= 0.3 is 6.03 Å². The zero-order valence-corrected chi connectivity index (χ0v) is 20.2. The number of fused-ring (bicyclic) bond motifs is 1. The number of rotatable bonds is 4. The first kappa shape index (κ1) is 23.1. The summed E-state index contributed by atoms with van der Waals surface area (Å²) >= 11 is 0. The lowest BCUT2D eigenvalue weighted by Crippen LogP contribution is -2.43. The highest BCUT2D eigenvalue weighted by Gasteiger charge is 2.28. The van der Waals surface area contributed by atoms with Gasteiger partial charge in [-0.15, -0.1) is 10.2 Å². The second-order valence-corrected chi connectivity index (χ2v) is 9.48. The van der Waals surface area contributed by atoms with Crippen molar-refractivity contribution >= 4 is 23.3 Å². The van der Waals surface area contributed by atoms with Crippen LogP contribution in [-0.2, 0) is 17.8 Å². The Hall–Kier alpha value is -3.68. The number of benzene rings is 2. The van der Waals surface area contributed by atoms with E-state index in [9.17, 15) is 9.59 Å². The molecule has 0 radical (unpaired) electrons. The third-order valence-electron chi connectivity index (χ3n) is 7.04. The number of urea groups is 1. The van der Waals surface area contributed by atoms with E-state index < -0.39 is 0 Å². The molecule has 8 nitrogen and oxygen atoms in total. The highest BCUT2D eigenvalue weighted by Crippen LogP contribution is 2.28. The normalized spacial score (nSPS) is 16.3. The van der Waals surface area contributed by atoms with Crippen LogP contribution in [0.4, 0.5) is 16.2 Å². The van der Waals surface area contributed by atoms with Gasteiger partial charge in [0.1, 0.15) is 5.82 Å². The summed E-state index contributed by atoms with van der Waals surface area (Å²) in [6.07, 6.45) is 5.75. The minimum absolute atomic E-state index is 0.00781. The van der Waals surface area contributed by atoms with E-state index >= 15 is 0 Å². The Morgan fingerprint density at radius 3 is 2.51 bits per heavy atom.